The van der Waals surface area contributed by atoms with Gasteiger partial charge in [0.2, 0.25) is 0 Å². The number of hydrogen-bond acceptors (Lipinski definition) is 6. The van der Waals surface area contributed by atoms with E-state index in [1.165, 1.54) is 0 Å². The fourth-order valence-electron chi connectivity index (χ4n) is 3.17. The van der Waals surface area contributed by atoms with Gasteiger partial charge in [-0.3, -0.25) is 4.68 Å². The molecule has 0 bridgehead atoms. The summed E-state index contributed by atoms with van der Waals surface area (Å²) in [6.07, 6.45) is 5.18. The van der Waals surface area contributed by atoms with Crippen LogP contribution in [-0.2, 0) is 11.8 Å². The molecule has 0 radical (unpaired) electrons. The van der Waals surface area contributed by atoms with Crippen molar-refractivity contribution >= 4 is 22.9 Å². The van der Waals surface area contributed by atoms with Gasteiger partial charge < -0.3 is 15.0 Å². The van der Waals surface area contributed by atoms with Gasteiger partial charge in [-0.1, -0.05) is 0 Å². The summed E-state index contributed by atoms with van der Waals surface area (Å²) in [5.41, 5.74) is 0.356. The van der Waals surface area contributed by atoms with Gasteiger partial charge in [0.05, 0.1) is 11.6 Å². The Morgan fingerprint density at radius 1 is 1.40 bits per heavy atom. The number of piperidine rings is 1. The molecule has 1 aliphatic rings. The Morgan fingerprint density at radius 3 is 2.96 bits per heavy atom. The van der Waals surface area contributed by atoms with Gasteiger partial charge in [0.25, 0.3) is 0 Å². The van der Waals surface area contributed by atoms with Crippen LogP contribution in [0.3, 0.4) is 0 Å². The van der Waals surface area contributed by atoms with Gasteiger partial charge in [0.15, 0.2) is 5.65 Å². The molecule has 0 unspecified atom stereocenters. The van der Waals surface area contributed by atoms with Crippen LogP contribution in [0.4, 0.5) is 10.6 Å². The Bertz CT molecular complexity index is 751. The van der Waals surface area contributed by atoms with Gasteiger partial charge >= 0.3 is 6.09 Å². The second kappa shape index (κ2) is 6.85. The highest BCUT2D eigenvalue weighted by Crippen LogP contribution is 2.26. The first-order valence-electron chi connectivity index (χ1n) is 8.68. The van der Waals surface area contributed by atoms with Crippen LogP contribution in [0.25, 0.3) is 11.0 Å². The van der Waals surface area contributed by atoms with Crippen LogP contribution in [0.15, 0.2) is 12.5 Å². The second-order valence-corrected chi connectivity index (χ2v) is 7.54. The Morgan fingerprint density at radius 2 is 2.20 bits per heavy atom. The largest absolute Gasteiger partial charge is 0.444 e. The van der Waals surface area contributed by atoms with E-state index in [9.17, 15) is 4.79 Å². The molecular weight excluding hydrogens is 320 g/mol. The van der Waals surface area contributed by atoms with Crippen molar-refractivity contribution in [2.75, 3.05) is 24.5 Å². The van der Waals surface area contributed by atoms with Crippen molar-refractivity contribution in [2.24, 2.45) is 13.0 Å². The van der Waals surface area contributed by atoms with E-state index in [-0.39, 0.29) is 6.09 Å². The normalized spacial score (nSPS) is 18.4. The smallest absolute Gasteiger partial charge is 0.407 e. The summed E-state index contributed by atoms with van der Waals surface area (Å²) in [4.78, 5) is 22.9. The van der Waals surface area contributed by atoms with E-state index in [1.807, 2.05) is 34.0 Å². The summed E-state index contributed by atoms with van der Waals surface area (Å²) < 4.78 is 7.06. The highest BCUT2D eigenvalue weighted by molar-refractivity contribution is 5.86. The molecule has 1 fully saturated rings. The highest BCUT2D eigenvalue weighted by Gasteiger charge is 2.24. The third kappa shape index (κ3) is 4.18. The number of carbonyl (C=O) groups is 1. The van der Waals surface area contributed by atoms with E-state index in [0.29, 0.717) is 12.5 Å². The minimum absolute atomic E-state index is 0.360. The van der Waals surface area contributed by atoms with Crippen LogP contribution < -0.4 is 10.2 Å². The average molecular weight is 346 g/mol. The number of carbonyl (C=O) groups excluding carboxylic acids is 1. The predicted octanol–water partition coefficient (Wildman–Crippen LogP) is 2.10. The van der Waals surface area contributed by atoms with Crippen LogP contribution in [0.5, 0.6) is 0 Å². The molecule has 3 heterocycles. The standard InChI is InChI=1S/C17H26N6O2/c1-17(2,3)25-16(24)18-8-12-6-5-7-23(10-12)15-13-9-21-22(4)14(13)19-11-20-15/h9,11-12H,5-8,10H2,1-4H3,(H,18,24)/t12-/m1/s1. The van der Waals surface area contributed by atoms with Crippen molar-refractivity contribution < 1.29 is 9.53 Å². The van der Waals surface area contributed by atoms with Crippen molar-refractivity contribution in [1.29, 1.82) is 0 Å². The maximum absolute atomic E-state index is 11.9. The van der Waals surface area contributed by atoms with Crippen LogP contribution in [0.2, 0.25) is 0 Å². The number of rotatable bonds is 3. The lowest BCUT2D eigenvalue weighted by atomic mass is 9.98. The van der Waals surface area contributed by atoms with Crippen molar-refractivity contribution in [3.63, 3.8) is 0 Å². The summed E-state index contributed by atoms with van der Waals surface area (Å²) in [6.45, 7) is 7.99. The molecule has 2 aromatic rings. The number of nitrogens with one attached hydrogen (secondary N) is 1. The maximum Gasteiger partial charge on any atom is 0.407 e. The fourth-order valence-corrected chi connectivity index (χ4v) is 3.17. The number of aromatic nitrogens is 4. The predicted molar refractivity (Wildman–Crippen MR) is 95.5 cm³/mol. The van der Waals surface area contributed by atoms with Crippen molar-refractivity contribution in [3.05, 3.63) is 12.5 Å². The van der Waals surface area contributed by atoms with Gasteiger partial charge in [0.1, 0.15) is 17.7 Å². The Hall–Kier alpha value is -2.38. The molecule has 1 amide bonds. The fraction of sp³-hybridized carbons (Fsp3) is 0.647. The van der Waals surface area contributed by atoms with Crippen LogP contribution in [-0.4, -0.2) is 51.1 Å². The van der Waals surface area contributed by atoms with Gasteiger partial charge in [0, 0.05) is 26.7 Å². The lowest BCUT2D eigenvalue weighted by Crippen LogP contribution is -2.42. The SMILES string of the molecule is Cn1ncc2c(N3CCC[C@H](CNC(=O)OC(C)(C)C)C3)ncnc21. The van der Waals surface area contributed by atoms with Gasteiger partial charge in [-0.25, -0.2) is 14.8 Å². The minimum Gasteiger partial charge on any atom is -0.444 e. The molecule has 3 rings (SSSR count). The first-order chi connectivity index (χ1) is 11.8. The Kier molecular flexibility index (Phi) is 4.78. The third-order valence-corrected chi connectivity index (χ3v) is 4.26. The number of aryl methyl sites for hydroxylation is 1. The molecule has 1 aliphatic heterocycles. The second-order valence-electron chi connectivity index (χ2n) is 7.54. The van der Waals surface area contributed by atoms with E-state index >= 15 is 0 Å². The van der Waals surface area contributed by atoms with Crippen molar-refractivity contribution in [1.82, 2.24) is 25.1 Å². The number of ether oxygens (including phenoxy) is 1. The third-order valence-electron chi connectivity index (χ3n) is 4.26. The maximum atomic E-state index is 11.9. The summed E-state index contributed by atoms with van der Waals surface area (Å²) in [5.74, 6) is 1.28. The number of alkyl carbamates (subject to hydrolysis) is 1. The molecule has 2 aromatic heterocycles. The molecule has 1 atom stereocenters. The highest BCUT2D eigenvalue weighted by atomic mass is 16.6. The molecule has 1 saturated heterocycles. The molecule has 0 aliphatic carbocycles. The van der Waals surface area contributed by atoms with E-state index in [0.717, 1.165) is 42.8 Å². The molecule has 1 N–H and O–H groups in total. The van der Waals surface area contributed by atoms with Gasteiger partial charge in [-0.2, -0.15) is 5.10 Å². The molecule has 0 aromatic carbocycles. The van der Waals surface area contributed by atoms with Crippen LogP contribution >= 0.6 is 0 Å². The lowest BCUT2D eigenvalue weighted by Gasteiger charge is -2.34. The summed E-state index contributed by atoms with van der Waals surface area (Å²) in [7, 11) is 1.88. The quantitative estimate of drug-likeness (QED) is 0.916. The van der Waals surface area contributed by atoms with Gasteiger partial charge in [-0.15, -0.1) is 0 Å². The van der Waals surface area contributed by atoms with Crippen LogP contribution in [0.1, 0.15) is 33.6 Å². The first kappa shape index (κ1) is 17.4. The van der Waals surface area contributed by atoms with E-state index < -0.39 is 5.60 Å². The van der Waals surface area contributed by atoms with Crippen molar-refractivity contribution in [2.45, 2.75) is 39.2 Å². The Labute approximate surface area is 147 Å². The Balaban J connectivity index is 1.64. The topological polar surface area (TPSA) is 85.2 Å². The zero-order valence-electron chi connectivity index (χ0n) is 15.3. The monoisotopic (exact) mass is 346 g/mol. The number of amides is 1. The molecule has 0 spiro atoms. The lowest BCUT2D eigenvalue weighted by molar-refractivity contribution is 0.0517. The minimum atomic E-state index is -0.477. The van der Waals surface area contributed by atoms with Crippen molar-refractivity contribution in [3.8, 4) is 0 Å². The molecule has 25 heavy (non-hydrogen) atoms. The van der Waals surface area contributed by atoms with Crippen LogP contribution in [0, 0.1) is 5.92 Å². The molecule has 8 nitrogen and oxygen atoms in total. The zero-order valence-corrected chi connectivity index (χ0v) is 15.3. The van der Waals surface area contributed by atoms with Gasteiger partial charge in [-0.05, 0) is 39.5 Å². The molecular formula is C17H26N6O2. The number of fused-ring (bicyclic) bond motifs is 1. The van der Waals surface area contributed by atoms with E-state index in [2.05, 4.69) is 25.3 Å². The summed E-state index contributed by atoms with van der Waals surface area (Å²) >= 11 is 0. The molecule has 136 valence electrons. The molecule has 8 heteroatoms. The summed E-state index contributed by atoms with van der Waals surface area (Å²) in [6, 6.07) is 0. The molecule has 0 saturated carbocycles. The number of nitrogens with zero attached hydrogens (tertiary/aromatic N) is 5. The summed E-state index contributed by atoms with van der Waals surface area (Å²) in [5, 5.41) is 8.13. The number of anilines is 1. The van der Waals surface area contributed by atoms with E-state index in [1.54, 1.807) is 11.0 Å². The zero-order chi connectivity index (χ0) is 18.0. The first-order valence-corrected chi connectivity index (χ1v) is 8.68. The number of hydrogen-bond donors (Lipinski definition) is 1. The van der Waals surface area contributed by atoms with E-state index in [4.69, 9.17) is 4.74 Å². The average Bonchev–Trinajstić information content (AvgIpc) is 2.93.